The first-order chi connectivity index (χ1) is 15.0. The van der Waals surface area contributed by atoms with Gasteiger partial charge in [-0.3, -0.25) is 9.80 Å². The molecule has 0 bridgehead atoms. The predicted octanol–water partition coefficient (Wildman–Crippen LogP) is 7.97. The first-order valence-corrected chi connectivity index (χ1v) is 14.3. The highest BCUT2D eigenvalue weighted by atomic mass is 35.5. The summed E-state index contributed by atoms with van der Waals surface area (Å²) in [5.74, 6) is 0.508. The Morgan fingerprint density at radius 1 is 0.710 bits per heavy atom. The third-order valence-electron chi connectivity index (χ3n) is 7.07. The summed E-state index contributed by atoms with van der Waals surface area (Å²) in [4.78, 5) is 4.34. The number of aliphatic hydroxyl groups excluding tert-OH is 1. The van der Waals surface area contributed by atoms with Crippen molar-refractivity contribution >= 4 is 23.2 Å². The van der Waals surface area contributed by atoms with Gasteiger partial charge in [0.15, 0.2) is 0 Å². The van der Waals surface area contributed by atoms with E-state index in [1.807, 2.05) is 0 Å². The maximum absolute atomic E-state index is 9.38. The van der Waals surface area contributed by atoms with Crippen molar-refractivity contribution in [2.24, 2.45) is 5.92 Å². The summed E-state index contributed by atoms with van der Waals surface area (Å²) in [6, 6.07) is 0. The molecule has 186 valence electrons. The summed E-state index contributed by atoms with van der Waals surface area (Å²) in [5, 5.41) is 9.38. The third-order valence-corrected chi connectivity index (χ3v) is 8.24. The Balaban J connectivity index is 1.96. The number of halogens is 2. The van der Waals surface area contributed by atoms with Crippen LogP contribution in [0.25, 0.3) is 0 Å². The molecular weight excluding hydrogens is 427 g/mol. The van der Waals surface area contributed by atoms with Crippen LogP contribution in [0.2, 0.25) is 0 Å². The summed E-state index contributed by atoms with van der Waals surface area (Å²) in [6.07, 6.45) is 23.9. The predicted molar refractivity (Wildman–Crippen MR) is 138 cm³/mol. The lowest BCUT2D eigenvalue weighted by atomic mass is 9.98. The molecule has 1 aliphatic rings. The molecule has 1 saturated heterocycles. The first kappa shape index (κ1) is 29.5. The zero-order valence-corrected chi connectivity index (χ0v) is 22.4. The number of aliphatic hydroxyl groups is 1. The molecule has 3 nitrogen and oxygen atoms in total. The summed E-state index contributed by atoms with van der Waals surface area (Å²) < 4.78 is 0. The zero-order valence-electron chi connectivity index (χ0n) is 20.8. The van der Waals surface area contributed by atoms with Gasteiger partial charge in [-0.05, 0) is 19.4 Å². The van der Waals surface area contributed by atoms with Gasteiger partial charge in [-0.1, -0.05) is 117 Å². The van der Waals surface area contributed by atoms with Crippen LogP contribution in [-0.2, 0) is 0 Å². The minimum atomic E-state index is -0.225. The van der Waals surface area contributed by atoms with Gasteiger partial charge in [-0.25, -0.2) is 0 Å². The van der Waals surface area contributed by atoms with Crippen LogP contribution >= 0.6 is 23.2 Å². The fourth-order valence-corrected chi connectivity index (χ4v) is 5.79. The molecule has 0 radical (unpaired) electrons. The first-order valence-electron chi connectivity index (χ1n) is 13.4. The van der Waals surface area contributed by atoms with Gasteiger partial charge in [0.1, 0.15) is 11.0 Å². The Morgan fingerprint density at radius 3 is 1.55 bits per heavy atom. The minimum absolute atomic E-state index is 0.128. The van der Waals surface area contributed by atoms with E-state index in [9.17, 15) is 5.11 Å². The quantitative estimate of drug-likeness (QED) is 0.109. The molecule has 4 atom stereocenters. The third kappa shape index (κ3) is 11.9. The van der Waals surface area contributed by atoms with Crippen molar-refractivity contribution in [3.63, 3.8) is 0 Å². The van der Waals surface area contributed by atoms with Gasteiger partial charge < -0.3 is 5.11 Å². The Bertz CT molecular complexity index is 413. The topological polar surface area (TPSA) is 26.7 Å². The highest BCUT2D eigenvalue weighted by Gasteiger charge is 2.45. The number of hydrogen-bond donors (Lipinski definition) is 1. The molecule has 1 N–H and O–H groups in total. The molecule has 0 saturated carbocycles. The zero-order chi connectivity index (χ0) is 22.9. The molecule has 4 unspecified atom stereocenters. The largest absolute Gasteiger partial charge is 0.395 e. The van der Waals surface area contributed by atoms with Crippen molar-refractivity contribution < 1.29 is 5.11 Å². The number of rotatable bonds is 20. The van der Waals surface area contributed by atoms with E-state index >= 15 is 0 Å². The van der Waals surface area contributed by atoms with Gasteiger partial charge in [0.05, 0.1) is 12.8 Å². The number of hydrogen-bond acceptors (Lipinski definition) is 3. The summed E-state index contributed by atoms with van der Waals surface area (Å²) >= 11 is 12.9. The molecular formula is C26H52Cl2N2O. The average Bonchev–Trinajstić information content (AvgIpc) is 2.97. The molecule has 31 heavy (non-hydrogen) atoms. The van der Waals surface area contributed by atoms with Gasteiger partial charge in [0, 0.05) is 6.54 Å². The number of β-amino-alcohol motifs (C(OH)–C–C–N with tert-alkyl or cyclic N) is 1. The van der Waals surface area contributed by atoms with E-state index in [-0.39, 0.29) is 23.8 Å². The van der Waals surface area contributed by atoms with Gasteiger partial charge in [-0.15, -0.1) is 23.2 Å². The van der Waals surface area contributed by atoms with Crippen LogP contribution in [0.3, 0.4) is 0 Å². The number of likely N-dealkylation sites (N-methyl/N-ethyl adjacent to an activating group) is 1. The molecule has 0 aromatic heterocycles. The normalized spacial score (nSPS) is 23.6. The van der Waals surface area contributed by atoms with E-state index in [2.05, 4.69) is 30.7 Å². The Hall–Kier alpha value is 0.460. The molecule has 0 aromatic rings. The molecule has 0 aliphatic carbocycles. The van der Waals surface area contributed by atoms with Crippen molar-refractivity contribution in [1.29, 1.82) is 0 Å². The van der Waals surface area contributed by atoms with Crippen molar-refractivity contribution in [1.82, 2.24) is 9.80 Å². The Kier molecular flexibility index (Phi) is 17.9. The second-order valence-electron chi connectivity index (χ2n) is 9.86. The highest BCUT2D eigenvalue weighted by molar-refractivity contribution is 6.29. The van der Waals surface area contributed by atoms with Crippen LogP contribution in [0.1, 0.15) is 123 Å². The van der Waals surface area contributed by atoms with Crippen LogP contribution in [0.15, 0.2) is 0 Å². The van der Waals surface area contributed by atoms with E-state index in [1.165, 1.54) is 109 Å². The summed E-state index contributed by atoms with van der Waals surface area (Å²) in [6.45, 7) is 5.31. The van der Waals surface area contributed by atoms with Crippen molar-refractivity contribution in [2.45, 2.75) is 140 Å². The van der Waals surface area contributed by atoms with Crippen LogP contribution in [-0.4, -0.2) is 52.3 Å². The maximum atomic E-state index is 9.38. The van der Waals surface area contributed by atoms with Crippen LogP contribution < -0.4 is 0 Å². The molecule has 1 rings (SSSR count). The summed E-state index contributed by atoms with van der Waals surface area (Å²) in [5.41, 5.74) is -0.413. The van der Waals surface area contributed by atoms with Crippen molar-refractivity contribution in [3.05, 3.63) is 0 Å². The second-order valence-corrected chi connectivity index (χ2v) is 10.7. The van der Waals surface area contributed by atoms with E-state index in [0.29, 0.717) is 12.5 Å². The van der Waals surface area contributed by atoms with Gasteiger partial charge in [0.25, 0.3) is 0 Å². The van der Waals surface area contributed by atoms with Crippen molar-refractivity contribution in [3.8, 4) is 0 Å². The minimum Gasteiger partial charge on any atom is -0.395 e. The lowest BCUT2D eigenvalue weighted by Crippen LogP contribution is -2.44. The van der Waals surface area contributed by atoms with E-state index in [1.54, 1.807) is 0 Å². The molecule has 1 heterocycles. The average molecular weight is 480 g/mol. The highest BCUT2D eigenvalue weighted by Crippen LogP contribution is 2.35. The Labute approximate surface area is 204 Å². The molecule has 1 fully saturated rings. The molecule has 0 amide bonds. The monoisotopic (exact) mass is 478 g/mol. The van der Waals surface area contributed by atoms with Crippen molar-refractivity contribution in [2.75, 3.05) is 20.2 Å². The standard InChI is InChI=1S/C26H52Cl2N2O/c1-4-5-6-7-8-9-10-11-12-13-14-15-16-17-18-19-20-23(2)26-29(3)24(27)25(28)30(26)21-22-31/h23-26,31H,4-22H2,1-3H3. The van der Waals surface area contributed by atoms with Gasteiger partial charge in [0.2, 0.25) is 0 Å². The molecule has 5 heteroatoms. The van der Waals surface area contributed by atoms with Gasteiger partial charge >= 0.3 is 0 Å². The number of nitrogens with zero attached hydrogens (tertiary/aromatic N) is 2. The van der Waals surface area contributed by atoms with Crippen LogP contribution in [0.4, 0.5) is 0 Å². The van der Waals surface area contributed by atoms with Gasteiger partial charge in [-0.2, -0.15) is 0 Å². The Morgan fingerprint density at radius 2 is 1.13 bits per heavy atom. The fraction of sp³-hybridized carbons (Fsp3) is 1.00. The molecule has 0 aromatic carbocycles. The summed E-state index contributed by atoms with van der Waals surface area (Å²) in [7, 11) is 2.05. The van der Waals surface area contributed by atoms with E-state index in [4.69, 9.17) is 23.2 Å². The molecule has 1 aliphatic heterocycles. The number of alkyl halides is 2. The SMILES string of the molecule is CCCCCCCCCCCCCCCCCCC(C)C1N(C)C(Cl)C(Cl)N1CCO. The fourth-order valence-electron chi connectivity index (χ4n) is 5.14. The van der Waals surface area contributed by atoms with Crippen LogP contribution in [0, 0.1) is 5.92 Å². The van der Waals surface area contributed by atoms with Crippen LogP contribution in [0.5, 0.6) is 0 Å². The van der Waals surface area contributed by atoms with E-state index < -0.39 is 0 Å². The van der Waals surface area contributed by atoms with E-state index in [0.717, 1.165) is 0 Å². The number of unbranched alkanes of at least 4 members (excludes halogenated alkanes) is 15. The smallest absolute Gasteiger partial charge is 0.116 e. The maximum Gasteiger partial charge on any atom is 0.116 e. The lowest BCUT2D eigenvalue weighted by molar-refractivity contribution is 0.0757. The second kappa shape index (κ2) is 18.8. The molecule has 0 spiro atoms. The lowest BCUT2D eigenvalue weighted by Gasteiger charge is -2.33.